The molecule has 0 fully saturated rings. The van der Waals surface area contributed by atoms with E-state index in [9.17, 15) is 9.59 Å². The summed E-state index contributed by atoms with van der Waals surface area (Å²) >= 11 is 6.22. The van der Waals surface area contributed by atoms with Crippen molar-refractivity contribution in [1.29, 1.82) is 0 Å². The van der Waals surface area contributed by atoms with Crippen LogP contribution in [0.4, 0.5) is 0 Å². The van der Waals surface area contributed by atoms with Gasteiger partial charge in [0.05, 0.1) is 5.03 Å². The standard InChI is InChI=1S/C22H20ClNO2/c1-15(2)24(14-16-8-4-3-5-9-16)13-12-19-20(23)22(26)18-11-7-6-10-17(18)21(19)25/h3-13,15H,14H2,1-2H3/b13-12+. The molecule has 0 radical (unpaired) electrons. The molecule has 0 saturated heterocycles. The summed E-state index contributed by atoms with van der Waals surface area (Å²) in [6.07, 6.45) is 3.50. The van der Waals surface area contributed by atoms with E-state index in [1.54, 1.807) is 30.3 Å². The summed E-state index contributed by atoms with van der Waals surface area (Å²) in [6.45, 7) is 4.86. The van der Waals surface area contributed by atoms with Gasteiger partial charge in [-0.05, 0) is 25.5 Å². The zero-order valence-corrected chi connectivity index (χ0v) is 15.5. The van der Waals surface area contributed by atoms with Gasteiger partial charge in [0, 0.05) is 35.5 Å². The number of nitrogens with zero attached hydrogens (tertiary/aromatic N) is 1. The normalized spacial score (nSPS) is 14.3. The first-order valence-electron chi connectivity index (χ1n) is 8.55. The lowest BCUT2D eigenvalue weighted by atomic mass is 9.89. The Balaban J connectivity index is 1.89. The highest BCUT2D eigenvalue weighted by Crippen LogP contribution is 2.29. The summed E-state index contributed by atoms with van der Waals surface area (Å²) in [5.74, 6) is -0.523. The summed E-state index contributed by atoms with van der Waals surface area (Å²) < 4.78 is 0. The number of carbonyl (C=O) groups is 2. The van der Waals surface area contributed by atoms with E-state index in [2.05, 4.69) is 30.9 Å². The fourth-order valence-corrected chi connectivity index (χ4v) is 3.14. The van der Waals surface area contributed by atoms with E-state index in [1.807, 2.05) is 24.4 Å². The molecule has 0 spiro atoms. The molecule has 1 aliphatic rings. The molecule has 4 heteroatoms. The second-order valence-electron chi connectivity index (χ2n) is 6.50. The number of hydrogen-bond acceptors (Lipinski definition) is 3. The fraction of sp³-hybridized carbons (Fsp3) is 0.182. The number of ketones is 2. The van der Waals surface area contributed by atoms with Gasteiger partial charge in [-0.3, -0.25) is 9.59 Å². The van der Waals surface area contributed by atoms with E-state index in [0.29, 0.717) is 17.7 Å². The molecular formula is C22H20ClNO2. The van der Waals surface area contributed by atoms with Gasteiger partial charge in [-0.25, -0.2) is 0 Å². The number of rotatable bonds is 5. The number of halogens is 1. The number of hydrogen-bond donors (Lipinski definition) is 0. The molecule has 3 nitrogen and oxygen atoms in total. The van der Waals surface area contributed by atoms with Crippen LogP contribution in [-0.4, -0.2) is 22.5 Å². The third-order valence-electron chi connectivity index (χ3n) is 4.40. The summed E-state index contributed by atoms with van der Waals surface area (Å²) in [7, 11) is 0. The summed E-state index contributed by atoms with van der Waals surface area (Å²) in [4.78, 5) is 27.3. The first kappa shape index (κ1) is 18.2. The summed E-state index contributed by atoms with van der Waals surface area (Å²) in [5, 5.41) is -0.0200. The van der Waals surface area contributed by atoms with Crippen LogP contribution in [0.15, 0.2) is 77.5 Å². The van der Waals surface area contributed by atoms with Crippen LogP contribution >= 0.6 is 11.6 Å². The molecule has 26 heavy (non-hydrogen) atoms. The highest BCUT2D eigenvalue weighted by atomic mass is 35.5. The Kier molecular flexibility index (Phi) is 5.38. The largest absolute Gasteiger partial charge is 0.371 e. The van der Waals surface area contributed by atoms with Gasteiger partial charge in [0.15, 0.2) is 5.78 Å². The molecule has 2 aromatic carbocycles. The van der Waals surface area contributed by atoms with Gasteiger partial charge < -0.3 is 4.90 Å². The van der Waals surface area contributed by atoms with Crippen molar-refractivity contribution >= 4 is 23.2 Å². The molecule has 132 valence electrons. The first-order valence-corrected chi connectivity index (χ1v) is 8.93. The Morgan fingerprint density at radius 2 is 1.50 bits per heavy atom. The Hall–Kier alpha value is -2.65. The number of fused-ring (bicyclic) bond motifs is 1. The van der Waals surface area contributed by atoms with Gasteiger partial charge in [-0.15, -0.1) is 0 Å². The predicted molar refractivity (Wildman–Crippen MR) is 104 cm³/mol. The molecule has 0 heterocycles. The molecule has 0 aromatic heterocycles. The topological polar surface area (TPSA) is 37.4 Å². The van der Waals surface area contributed by atoms with Crippen molar-refractivity contribution in [2.24, 2.45) is 0 Å². The van der Waals surface area contributed by atoms with Crippen LogP contribution in [0.5, 0.6) is 0 Å². The van der Waals surface area contributed by atoms with E-state index < -0.39 is 0 Å². The zero-order valence-electron chi connectivity index (χ0n) is 14.8. The average Bonchev–Trinajstić information content (AvgIpc) is 2.66. The molecule has 3 rings (SSSR count). The third-order valence-corrected chi connectivity index (χ3v) is 4.78. The van der Waals surface area contributed by atoms with Crippen LogP contribution in [0.3, 0.4) is 0 Å². The minimum Gasteiger partial charge on any atom is -0.371 e. The minimum atomic E-state index is -0.305. The Bertz CT molecular complexity index is 897. The van der Waals surface area contributed by atoms with Crippen molar-refractivity contribution in [3.8, 4) is 0 Å². The van der Waals surface area contributed by atoms with Crippen molar-refractivity contribution in [2.45, 2.75) is 26.4 Å². The second-order valence-corrected chi connectivity index (χ2v) is 6.88. The Morgan fingerprint density at radius 1 is 0.923 bits per heavy atom. The molecule has 0 amide bonds. The lowest BCUT2D eigenvalue weighted by molar-refractivity contribution is 0.0983. The third kappa shape index (κ3) is 3.63. The molecule has 0 saturated carbocycles. The van der Waals surface area contributed by atoms with E-state index in [1.165, 1.54) is 5.56 Å². The average molecular weight is 366 g/mol. The molecule has 0 bridgehead atoms. The van der Waals surface area contributed by atoms with Crippen LogP contribution in [-0.2, 0) is 6.54 Å². The van der Waals surface area contributed by atoms with Crippen LogP contribution < -0.4 is 0 Å². The van der Waals surface area contributed by atoms with Crippen molar-refractivity contribution < 1.29 is 9.59 Å². The fourth-order valence-electron chi connectivity index (χ4n) is 2.89. The number of Topliss-reactive ketones (excluding diaryl/α,β-unsaturated/α-hetero) is 2. The SMILES string of the molecule is CC(C)N(/C=C/C1=C(Cl)C(=O)c2ccccc2C1=O)Cc1ccccc1. The zero-order chi connectivity index (χ0) is 18.7. The highest BCUT2D eigenvalue weighted by Gasteiger charge is 2.29. The Labute approximate surface area is 158 Å². The van der Waals surface area contributed by atoms with Gasteiger partial charge >= 0.3 is 0 Å². The summed E-state index contributed by atoms with van der Waals surface area (Å²) in [6, 6.07) is 17.1. The van der Waals surface area contributed by atoms with Crippen molar-refractivity contribution in [3.05, 3.63) is 94.2 Å². The molecule has 2 aromatic rings. The van der Waals surface area contributed by atoms with Gasteiger partial charge in [0.1, 0.15) is 0 Å². The second kappa shape index (κ2) is 7.71. The molecular weight excluding hydrogens is 346 g/mol. The molecule has 1 aliphatic carbocycles. The molecule has 0 atom stereocenters. The van der Waals surface area contributed by atoms with E-state index in [0.717, 1.165) is 0 Å². The summed E-state index contributed by atoms with van der Waals surface area (Å²) in [5.41, 5.74) is 2.18. The first-order chi connectivity index (χ1) is 12.5. The van der Waals surface area contributed by atoms with Crippen LogP contribution in [0.25, 0.3) is 0 Å². The predicted octanol–water partition coefficient (Wildman–Crippen LogP) is 4.98. The van der Waals surface area contributed by atoms with E-state index in [-0.39, 0.29) is 28.2 Å². The van der Waals surface area contributed by atoms with Gasteiger partial charge in [0.2, 0.25) is 5.78 Å². The number of carbonyl (C=O) groups excluding carboxylic acids is 2. The molecule has 0 aliphatic heterocycles. The number of benzene rings is 2. The van der Waals surface area contributed by atoms with Crippen molar-refractivity contribution in [3.63, 3.8) is 0 Å². The molecule has 0 unspecified atom stereocenters. The van der Waals surface area contributed by atoms with Crippen molar-refractivity contribution in [2.75, 3.05) is 0 Å². The lowest BCUT2D eigenvalue weighted by Gasteiger charge is -2.25. The number of allylic oxidation sites excluding steroid dienone is 3. The van der Waals surface area contributed by atoms with Gasteiger partial charge in [0.25, 0.3) is 0 Å². The smallest absolute Gasteiger partial charge is 0.205 e. The van der Waals surface area contributed by atoms with E-state index >= 15 is 0 Å². The van der Waals surface area contributed by atoms with Gasteiger partial charge in [-0.1, -0.05) is 66.2 Å². The van der Waals surface area contributed by atoms with Crippen LogP contribution in [0, 0.1) is 0 Å². The van der Waals surface area contributed by atoms with Crippen molar-refractivity contribution in [1.82, 2.24) is 4.90 Å². The molecule has 0 N–H and O–H groups in total. The van der Waals surface area contributed by atoms with E-state index in [4.69, 9.17) is 11.6 Å². The Morgan fingerprint density at radius 3 is 2.12 bits per heavy atom. The minimum absolute atomic E-state index is 0.0200. The quantitative estimate of drug-likeness (QED) is 0.749. The maximum atomic E-state index is 12.7. The van der Waals surface area contributed by atoms with Gasteiger partial charge in [-0.2, -0.15) is 0 Å². The monoisotopic (exact) mass is 365 g/mol. The maximum absolute atomic E-state index is 12.7. The maximum Gasteiger partial charge on any atom is 0.205 e. The lowest BCUT2D eigenvalue weighted by Crippen LogP contribution is -2.25. The van der Waals surface area contributed by atoms with Crippen LogP contribution in [0.2, 0.25) is 0 Å². The van der Waals surface area contributed by atoms with Crippen LogP contribution in [0.1, 0.15) is 40.1 Å². The highest BCUT2D eigenvalue weighted by molar-refractivity contribution is 6.50.